The summed E-state index contributed by atoms with van der Waals surface area (Å²) >= 11 is 0. The third-order valence-corrected chi connectivity index (χ3v) is 4.53. The van der Waals surface area contributed by atoms with Crippen LogP contribution in [-0.4, -0.2) is 26.8 Å². The second-order valence-corrected chi connectivity index (χ2v) is 6.11. The van der Waals surface area contributed by atoms with Gasteiger partial charge in [0.15, 0.2) is 0 Å². The highest BCUT2D eigenvalue weighted by Crippen LogP contribution is 2.44. The van der Waals surface area contributed by atoms with Gasteiger partial charge in [0, 0.05) is 31.5 Å². The highest BCUT2D eigenvalue weighted by molar-refractivity contribution is 5.42. The molecule has 0 bridgehead atoms. The van der Waals surface area contributed by atoms with Crippen molar-refractivity contribution >= 4 is 5.52 Å². The van der Waals surface area contributed by atoms with Gasteiger partial charge in [-0.2, -0.15) is 5.10 Å². The first-order chi connectivity index (χ1) is 9.83. The van der Waals surface area contributed by atoms with Crippen molar-refractivity contribution in [1.29, 1.82) is 0 Å². The molecule has 5 heteroatoms. The summed E-state index contributed by atoms with van der Waals surface area (Å²) in [6.45, 7) is 1.61. The van der Waals surface area contributed by atoms with E-state index < -0.39 is 0 Å². The average molecular weight is 272 g/mol. The topological polar surface area (TPSA) is 51.3 Å². The molecule has 5 nitrogen and oxygen atoms in total. The average Bonchev–Trinajstić information content (AvgIpc) is 3.37. The minimum Gasteiger partial charge on any atom is -0.312 e. The molecular formula is C15H20N4O. The third kappa shape index (κ3) is 2.26. The molecule has 4 rings (SSSR count). The number of nitrogens with one attached hydrogen (secondary N) is 1. The van der Waals surface area contributed by atoms with E-state index in [9.17, 15) is 4.79 Å². The Labute approximate surface area is 117 Å². The molecule has 20 heavy (non-hydrogen) atoms. The second-order valence-electron chi connectivity index (χ2n) is 6.11. The summed E-state index contributed by atoms with van der Waals surface area (Å²) in [4.78, 5) is 12.2. The number of fused-ring (bicyclic) bond motifs is 1. The summed E-state index contributed by atoms with van der Waals surface area (Å²) < 4.78 is 3.41. The molecule has 2 heterocycles. The van der Waals surface area contributed by atoms with E-state index in [2.05, 4.69) is 10.4 Å². The van der Waals surface area contributed by atoms with Gasteiger partial charge in [0.05, 0.1) is 6.20 Å². The molecule has 0 aromatic carbocycles. The predicted molar refractivity (Wildman–Crippen MR) is 76.7 cm³/mol. The van der Waals surface area contributed by atoms with E-state index in [0.29, 0.717) is 11.6 Å². The fraction of sp³-hybridized carbons (Fsp3) is 0.600. The van der Waals surface area contributed by atoms with Gasteiger partial charge in [0.1, 0.15) is 5.52 Å². The Kier molecular flexibility index (Phi) is 2.88. The zero-order valence-electron chi connectivity index (χ0n) is 11.5. The number of nitrogens with zero attached hydrogens (tertiary/aromatic N) is 3. The third-order valence-electron chi connectivity index (χ3n) is 4.53. The van der Waals surface area contributed by atoms with E-state index in [1.807, 2.05) is 12.4 Å². The zero-order chi connectivity index (χ0) is 13.5. The molecule has 2 aliphatic rings. The lowest BCUT2D eigenvalue weighted by molar-refractivity contribution is 0.405. The summed E-state index contributed by atoms with van der Waals surface area (Å²) in [5, 5.41) is 7.76. The molecule has 0 aliphatic heterocycles. The van der Waals surface area contributed by atoms with E-state index in [4.69, 9.17) is 0 Å². The SMILES string of the molecule is O=c1c2ccnn2ccn1CCNC(C1CC1)C1CC1. The highest BCUT2D eigenvalue weighted by Gasteiger charge is 2.40. The quantitative estimate of drug-likeness (QED) is 0.861. The van der Waals surface area contributed by atoms with Gasteiger partial charge >= 0.3 is 0 Å². The Hall–Kier alpha value is -1.62. The van der Waals surface area contributed by atoms with Gasteiger partial charge in [-0.1, -0.05) is 0 Å². The molecule has 2 aliphatic carbocycles. The van der Waals surface area contributed by atoms with Crippen LogP contribution in [0.1, 0.15) is 25.7 Å². The van der Waals surface area contributed by atoms with Crippen molar-refractivity contribution in [3.63, 3.8) is 0 Å². The van der Waals surface area contributed by atoms with E-state index in [1.54, 1.807) is 21.3 Å². The predicted octanol–water partition coefficient (Wildman–Crippen LogP) is 1.27. The molecule has 0 unspecified atom stereocenters. The molecule has 2 fully saturated rings. The maximum atomic E-state index is 12.2. The molecule has 0 radical (unpaired) electrons. The van der Waals surface area contributed by atoms with Gasteiger partial charge in [0.2, 0.25) is 0 Å². The first kappa shape index (κ1) is 12.1. The maximum Gasteiger partial charge on any atom is 0.276 e. The van der Waals surface area contributed by atoms with Gasteiger partial charge < -0.3 is 9.88 Å². The summed E-state index contributed by atoms with van der Waals surface area (Å²) in [6, 6.07) is 2.47. The monoisotopic (exact) mass is 272 g/mol. The van der Waals surface area contributed by atoms with Crippen molar-refractivity contribution in [1.82, 2.24) is 19.5 Å². The second kappa shape index (κ2) is 4.74. The van der Waals surface area contributed by atoms with Gasteiger partial charge in [0.25, 0.3) is 5.56 Å². The van der Waals surface area contributed by atoms with Crippen LogP contribution in [0.25, 0.3) is 5.52 Å². The first-order valence-corrected chi connectivity index (χ1v) is 7.59. The first-order valence-electron chi connectivity index (χ1n) is 7.59. The van der Waals surface area contributed by atoms with Gasteiger partial charge in [-0.15, -0.1) is 0 Å². The number of aromatic nitrogens is 3. The van der Waals surface area contributed by atoms with Crippen LogP contribution in [0.5, 0.6) is 0 Å². The van der Waals surface area contributed by atoms with Gasteiger partial charge in [-0.05, 0) is 43.6 Å². The number of hydrogen-bond donors (Lipinski definition) is 1. The fourth-order valence-electron chi connectivity index (χ4n) is 3.12. The number of rotatable bonds is 6. The Morgan fingerprint density at radius 2 is 2.00 bits per heavy atom. The summed E-state index contributed by atoms with van der Waals surface area (Å²) in [7, 11) is 0. The lowest BCUT2D eigenvalue weighted by atomic mass is 10.1. The smallest absolute Gasteiger partial charge is 0.276 e. The van der Waals surface area contributed by atoms with Crippen molar-refractivity contribution in [2.24, 2.45) is 11.8 Å². The standard InChI is InChI=1S/C15H20N4O/c20-15-13-5-6-17-19(13)10-9-18(15)8-7-16-14(11-1-2-11)12-3-4-12/h5-6,9-12,14,16H,1-4,7-8H2. The number of hydrogen-bond acceptors (Lipinski definition) is 3. The molecule has 0 spiro atoms. The molecule has 1 N–H and O–H groups in total. The zero-order valence-corrected chi connectivity index (χ0v) is 11.5. The van der Waals surface area contributed by atoms with Crippen LogP contribution in [0.4, 0.5) is 0 Å². The summed E-state index contributed by atoms with van der Waals surface area (Å²) in [5.41, 5.74) is 0.689. The fourth-order valence-corrected chi connectivity index (χ4v) is 3.12. The van der Waals surface area contributed by atoms with Crippen molar-refractivity contribution < 1.29 is 0 Å². The van der Waals surface area contributed by atoms with Gasteiger partial charge in [-0.25, -0.2) is 4.52 Å². The molecular weight excluding hydrogens is 252 g/mol. The molecule has 2 saturated carbocycles. The lowest BCUT2D eigenvalue weighted by Crippen LogP contribution is -2.37. The molecule has 0 atom stereocenters. The largest absolute Gasteiger partial charge is 0.312 e. The lowest BCUT2D eigenvalue weighted by Gasteiger charge is -2.18. The molecule has 2 aromatic rings. The van der Waals surface area contributed by atoms with E-state index in [0.717, 1.165) is 24.9 Å². The molecule has 106 valence electrons. The van der Waals surface area contributed by atoms with E-state index in [-0.39, 0.29) is 5.56 Å². The molecule has 0 amide bonds. The summed E-state index contributed by atoms with van der Waals surface area (Å²) in [6.07, 6.45) is 10.9. The van der Waals surface area contributed by atoms with Crippen molar-refractivity contribution in [3.05, 3.63) is 35.0 Å². The summed E-state index contributed by atoms with van der Waals surface area (Å²) in [5.74, 6) is 1.80. The van der Waals surface area contributed by atoms with Crippen molar-refractivity contribution in [2.75, 3.05) is 6.54 Å². The van der Waals surface area contributed by atoms with Crippen LogP contribution < -0.4 is 10.9 Å². The van der Waals surface area contributed by atoms with Gasteiger partial charge in [-0.3, -0.25) is 4.79 Å². The minimum absolute atomic E-state index is 0.0428. The Morgan fingerprint density at radius 3 is 2.70 bits per heavy atom. The van der Waals surface area contributed by atoms with E-state index in [1.165, 1.54) is 25.7 Å². The van der Waals surface area contributed by atoms with Crippen molar-refractivity contribution in [3.8, 4) is 0 Å². The van der Waals surface area contributed by atoms with E-state index >= 15 is 0 Å². The van der Waals surface area contributed by atoms with Crippen LogP contribution in [0.3, 0.4) is 0 Å². The minimum atomic E-state index is 0.0428. The van der Waals surface area contributed by atoms with Crippen LogP contribution in [0.2, 0.25) is 0 Å². The normalized spacial score (nSPS) is 19.1. The molecule has 2 aromatic heterocycles. The Morgan fingerprint density at radius 1 is 1.25 bits per heavy atom. The van der Waals surface area contributed by atoms with Crippen LogP contribution in [-0.2, 0) is 6.54 Å². The maximum absolute atomic E-state index is 12.2. The van der Waals surface area contributed by atoms with Crippen LogP contribution in [0, 0.1) is 11.8 Å². The Bertz CT molecular complexity index is 654. The van der Waals surface area contributed by atoms with Crippen LogP contribution in [0.15, 0.2) is 29.5 Å². The Balaban J connectivity index is 1.42. The highest BCUT2D eigenvalue weighted by atomic mass is 16.1. The molecule has 0 saturated heterocycles. The van der Waals surface area contributed by atoms with Crippen LogP contribution >= 0.6 is 0 Å². The van der Waals surface area contributed by atoms with Crippen molar-refractivity contribution in [2.45, 2.75) is 38.3 Å².